The minimum atomic E-state index is -2.14. The Bertz CT molecular complexity index is 1340. The highest BCUT2D eigenvalue weighted by Crippen LogP contribution is 2.41. The Balaban J connectivity index is 1.44. The molecule has 2 fully saturated rings. The van der Waals surface area contributed by atoms with Crippen LogP contribution >= 0.6 is 23.2 Å². The lowest BCUT2D eigenvalue weighted by molar-refractivity contribution is -0.124. The molecule has 2 saturated heterocycles. The van der Waals surface area contributed by atoms with E-state index in [1.807, 2.05) is 35.3 Å². The average Bonchev–Trinajstić information content (AvgIpc) is 3.49. The number of hydrogen-bond donors (Lipinski definition) is 3. The second-order valence-corrected chi connectivity index (χ2v) is 12.5. The number of imidazole rings is 1. The molecule has 3 N–H and O–H groups in total. The summed E-state index contributed by atoms with van der Waals surface area (Å²) in [4.78, 5) is 36.3. The van der Waals surface area contributed by atoms with Crippen LogP contribution < -0.4 is 10.3 Å². The number of nitrogens with zero attached hydrogens (tertiary/aromatic N) is 5. The number of aliphatic hydroxyl groups is 2. The molecule has 6 atom stereocenters. The van der Waals surface area contributed by atoms with Crippen LogP contribution in [0.3, 0.4) is 0 Å². The highest BCUT2D eigenvalue weighted by Gasteiger charge is 2.52. The number of alkyl halides is 2. The van der Waals surface area contributed by atoms with Gasteiger partial charge in [0, 0.05) is 37.1 Å². The summed E-state index contributed by atoms with van der Waals surface area (Å²) in [6.07, 6.45) is -2.09. The van der Waals surface area contributed by atoms with Gasteiger partial charge in [0.05, 0.1) is 23.0 Å². The van der Waals surface area contributed by atoms with E-state index in [9.17, 15) is 24.0 Å². The summed E-state index contributed by atoms with van der Waals surface area (Å²) in [5.41, 5.74) is 3.38. The number of amidine groups is 1. The first kappa shape index (κ1) is 29.1. The van der Waals surface area contributed by atoms with Gasteiger partial charge >= 0.3 is 0 Å². The van der Waals surface area contributed by atoms with Crippen LogP contribution in [0.5, 0.6) is 0 Å². The fourth-order valence-corrected chi connectivity index (χ4v) is 7.15. The number of benzene rings is 1. The second-order valence-electron chi connectivity index (χ2n) is 9.89. The predicted molar refractivity (Wildman–Crippen MR) is 148 cm³/mol. The zero-order chi connectivity index (χ0) is 28.8. The number of amides is 1. The summed E-state index contributed by atoms with van der Waals surface area (Å²) in [7, 11) is -1.14. The van der Waals surface area contributed by atoms with Crippen molar-refractivity contribution in [3.05, 3.63) is 42.4 Å². The number of aliphatic hydroxyl groups excluding tert-OH is 2. The minimum absolute atomic E-state index is 0.0247. The summed E-state index contributed by atoms with van der Waals surface area (Å²) in [6, 6.07) is 9.34. The van der Waals surface area contributed by atoms with Gasteiger partial charge < -0.3 is 20.4 Å². The van der Waals surface area contributed by atoms with E-state index in [0.29, 0.717) is 25.9 Å². The van der Waals surface area contributed by atoms with Crippen LogP contribution in [-0.4, -0.2) is 94.2 Å². The summed E-state index contributed by atoms with van der Waals surface area (Å²) in [5.74, 6) is -1.08. The zero-order valence-electron chi connectivity index (χ0n) is 21.8. The van der Waals surface area contributed by atoms with Crippen LogP contribution in [0.15, 0.2) is 46.5 Å². The smallest absolute Gasteiger partial charge is 0.278 e. The van der Waals surface area contributed by atoms with E-state index in [1.165, 1.54) is 24.7 Å². The first-order chi connectivity index (χ1) is 19.1. The SMILES string of the molecule is CC(=O)N1c2c(ncn2[C@@H]2O[C@H](CCl)C(O)C2O)C(NN2CCC(S(=O)c3ccccc3)CC2)=NC1(Cl)C(C)=O. The largest absolute Gasteiger partial charge is 0.387 e. The number of carbonyl (C=O) groups is 2. The number of ether oxygens (including phenoxy) is 1. The van der Waals surface area contributed by atoms with Crippen molar-refractivity contribution in [2.45, 2.75) is 66.5 Å². The van der Waals surface area contributed by atoms with Crippen LogP contribution in [0.1, 0.15) is 38.6 Å². The number of aromatic nitrogens is 2. The van der Waals surface area contributed by atoms with E-state index in [0.717, 1.165) is 9.80 Å². The number of piperidine rings is 1. The molecule has 1 amide bonds. The molecule has 2 aromatic rings. The summed E-state index contributed by atoms with van der Waals surface area (Å²) >= 11 is 12.6. The van der Waals surface area contributed by atoms with Gasteiger partial charge in [0.25, 0.3) is 5.12 Å². The molecule has 3 aliphatic rings. The van der Waals surface area contributed by atoms with E-state index >= 15 is 0 Å². The van der Waals surface area contributed by atoms with Gasteiger partial charge in [-0.2, -0.15) is 0 Å². The van der Waals surface area contributed by atoms with Crippen molar-refractivity contribution in [3.63, 3.8) is 0 Å². The third kappa shape index (κ3) is 5.08. The Morgan fingerprint density at radius 1 is 1.18 bits per heavy atom. The van der Waals surface area contributed by atoms with E-state index in [2.05, 4.69) is 15.4 Å². The third-order valence-electron chi connectivity index (χ3n) is 7.27. The van der Waals surface area contributed by atoms with E-state index < -0.39 is 52.2 Å². The van der Waals surface area contributed by atoms with Crippen LogP contribution in [0.25, 0.3) is 0 Å². The molecule has 4 unspecified atom stereocenters. The molecule has 5 rings (SSSR count). The van der Waals surface area contributed by atoms with Crippen molar-refractivity contribution in [2.24, 2.45) is 4.99 Å². The first-order valence-corrected chi connectivity index (χ1v) is 14.9. The number of anilines is 1. The van der Waals surface area contributed by atoms with Gasteiger partial charge in [0.1, 0.15) is 24.0 Å². The normalized spacial score (nSPS) is 30.1. The van der Waals surface area contributed by atoms with Crippen LogP contribution in [0, 0.1) is 0 Å². The lowest BCUT2D eigenvalue weighted by atomic mass is 10.1. The number of nitrogens with one attached hydrogen (secondary N) is 1. The second kappa shape index (κ2) is 11.5. The number of carbonyl (C=O) groups excluding carboxylic acids is 2. The molecule has 12 nitrogen and oxygen atoms in total. The predicted octanol–water partition coefficient (Wildman–Crippen LogP) is 1.11. The third-order valence-corrected chi connectivity index (χ3v) is 9.91. The Kier molecular flexibility index (Phi) is 8.35. The number of aliphatic imine (C=N–C) groups is 1. The molecular weight excluding hydrogens is 583 g/mol. The summed E-state index contributed by atoms with van der Waals surface area (Å²) in [6.45, 7) is 3.50. The highest BCUT2D eigenvalue weighted by molar-refractivity contribution is 7.85. The number of hydrogen-bond acceptors (Lipinski definition) is 10. The van der Waals surface area contributed by atoms with Gasteiger partial charge in [-0.25, -0.2) is 15.0 Å². The van der Waals surface area contributed by atoms with Crippen molar-refractivity contribution in [1.82, 2.24) is 20.0 Å². The Morgan fingerprint density at radius 2 is 1.85 bits per heavy atom. The maximum atomic E-state index is 13.0. The number of fused-ring (bicyclic) bond motifs is 1. The molecular formula is C25H30Cl2N6O6S. The average molecular weight is 614 g/mol. The molecule has 1 aromatic carbocycles. The van der Waals surface area contributed by atoms with Gasteiger partial charge in [0.15, 0.2) is 23.7 Å². The summed E-state index contributed by atoms with van der Waals surface area (Å²) in [5, 5.41) is 20.8. The van der Waals surface area contributed by atoms with E-state index in [1.54, 1.807) is 0 Å². The lowest BCUT2D eigenvalue weighted by Gasteiger charge is -2.40. The molecule has 15 heteroatoms. The minimum Gasteiger partial charge on any atom is -0.387 e. The summed E-state index contributed by atoms with van der Waals surface area (Å²) < 4.78 is 20.2. The van der Waals surface area contributed by atoms with Gasteiger partial charge in [-0.1, -0.05) is 29.8 Å². The Labute approximate surface area is 243 Å². The molecule has 0 spiro atoms. The molecule has 3 aliphatic heterocycles. The van der Waals surface area contributed by atoms with Crippen molar-refractivity contribution in [1.29, 1.82) is 0 Å². The molecule has 1 aromatic heterocycles. The number of Topliss-reactive ketones (excluding diaryl/α,β-unsaturated/α-hetero) is 1. The van der Waals surface area contributed by atoms with Crippen LogP contribution in [0.4, 0.5) is 5.82 Å². The van der Waals surface area contributed by atoms with Crippen molar-refractivity contribution < 1.29 is 28.7 Å². The van der Waals surface area contributed by atoms with Gasteiger partial charge in [-0.05, 0) is 25.0 Å². The van der Waals surface area contributed by atoms with Crippen LogP contribution in [0.2, 0.25) is 0 Å². The molecule has 40 heavy (non-hydrogen) atoms. The number of ketones is 1. The zero-order valence-corrected chi connectivity index (χ0v) is 24.1. The number of rotatable bonds is 6. The first-order valence-electron chi connectivity index (χ1n) is 12.8. The maximum Gasteiger partial charge on any atom is 0.278 e. The van der Waals surface area contributed by atoms with Crippen molar-refractivity contribution in [2.75, 3.05) is 23.9 Å². The molecule has 0 aliphatic carbocycles. The molecule has 0 bridgehead atoms. The topological polar surface area (TPSA) is 150 Å². The number of halogens is 2. The monoisotopic (exact) mass is 612 g/mol. The molecule has 0 saturated carbocycles. The van der Waals surface area contributed by atoms with Gasteiger partial charge in [-0.3, -0.25) is 23.3 Å². The standard InChI is InChI=1S/C25H30Cl2N6O6S/c1-14(34)25(27)29-22(30-31-10-8-17(9-11-31)40(38)16-6-4-3-5-7-16)19-23(33(25)15(2)35)32(13-28-19)24-21(37)20(36)18(12-26)39-24/h3-7,13,17-18,20-21,24,36-37H,8-12H2,1-2H3,(H,29,30)/t18-,20?,21?,24-,25?,40?/m1/s1. The van der Waals surface area contributed by atoms with Gasteiger partial charge in [-0.15, -0.1) is 11.6 Å². The highest BCUT2D eigenvalue weighted by atomic mass is 35.5. The Hall–Kier alpha value is -2.39. The number of hydrazine groups is 1. The molecule has 216 valence electrons. The van der Waals surface area contributed by atoms with Crippen LogP contribution in [-0.2, 0) is 25.1 Å². The van der Waals surface area contributed by atoms with E-state index in [4.69, 9.17) is 27.9 Å². The Morgan fingerprint density at radius 3 is 2.42 bits per heavy atom. The fraction of sp³-hybridized carbons (Fsp3) is 0.520. The van der Waals surface area contributed by atoms with Crippen molar-refractivity contribution in [3.8, 4) is 0 Å². The van der Waals surface area contributed by atoms with Crippen molar-refractivity contribution >= 4 is 57.3 Å². The van der Waals surface area contributed by atoms with Gasteiger partial charge in [0.2, 0.25) is 5.91 Å². The molecule has 0 radical (unpaired) electrons. The van der Waals surface area contributed by atoms with E-state index in [-0.39, 0.29) is 28.5 Å². The quantitative estimate of drug-likeness (QED) is 0.322. The maximum absolute atomic E-state index is 13.0. The lowest BCUT2D eigenvalue weighted by Crippen LogP contribution is -2.58. The fourth-order valence-electron chi connectivity index (χ4n) is 5.16. The molecule has 4 heterocycles.